The van der Waals surface area contributed by atoms with Gasteiger partial charge in [0.25, 0.3) is 0 Å². The predicted molar refractivity (Wildman–Crippen MR) is 50.0 cm³/mol. The van der Waals surface area contributed by atoms with Gasteiger partial charge in [0, 0.05) is 6.54 Å². The lowest BCUT2D eigenvalue weighted by Gasteiger charge is -2.21. The van der Waals surface area contributed by atoms with Crippen molar-refractivity contribution in [1.29, 1.82) is 0 Å². The first-order valence-corrected chi connectivity index (χ1v) is 4.58. The fraction of sp³-hybridized carbons (Fsp3) is 0.625. The standard InChI is InChI=1S/C8H13N3O4/c9-7(13)5-2-1-3-11(5)6(12)4-10-8(14)15/h5,10H,1-4H2,(H2,9,13)(H,14,15). The third-order valence-electron chi connectivity index (χ3n) is 2.29. The topological polar surface area (TPSA) is 113 Å². The van der Waals surface area contributed by atoms with Crippen LogP contribution in [0.2, 0.25) is 0 Å². The van der Waals surface area contributed by atoms with Gasteiger partial charge in [0.05, 0.1) is 0 Å². The van der Waals surface area contributed by atoms with E-state index in [1.54, 1.807) is 0 Å². The van der Waals surface area contributed by atoms with Gasteiger partial charge in [-0.2, -0.15) is 0 Å². The van der Waals surface area contributed by atoms with Crippen molar-refractivity contribution in [2.45, 2.75) is 18.9 Å². The molecule has 1 fully saturated rings. The molecule has 1 unspecified atom stereocenters. The minimum Gasteiger partial charge on any atom is -0.465 e. The van der Waals surface area contributed by atoms with E-state index in [0.717, 1.165) is 0 Å². The molecule has 4 N–H and O–H groups in total. The zero-order chi connectivity index (χ0) is 11.4. The van der Waals surface area contributed by atoms with Crippen LogP contribution in [-0.2, 0) is 9.59 Å². The molecule has 0 radical (unpaired) electrons. The molecule has 0 bridgehead atoms. The predicted octanol–water partition coefficient (Wildman–Crippen LogP) is -1.27. The van der Waals surface area contributed by atoms with E-state index in [4.69, 9.17) is 10.8 Å². The smallest absolute Gasteiger partial charge is 0.405 e. The Morgan fingerprint density at radius 3 is 2.67 bits per heavy atom. The van der Waals surface area contributed by atoms with Crippen LogP contribution in [-0.4, -0.2) is 47.0 Å². The minimum absolute atomic E-state index is 0.320. The van der Waals surface area contributed by atoms with E-state index < -0.39 is 23.9 Å². The summed E-state index contributed by atoms with van der Waals surface area (Å²) in [4.78, 5) is 33.9. The van der Waals surface area contributed by atoms with E-state index in [2.05, 4.69) is 0 Å². The van der Waals surface area contributed by atoms with E-state index in [1.807, 2.05) is 5.32 Å². The van der Waals surface area contributed by atoms with E-state index in [9.17, 15) is 14.4 Å². The second-order valence-corrected chi connectivity index (χ2v) is 3.31. The molecule has 1 aliphatic rings. The monoisotopic (exact) mass is 215 g/mol. The van der Waals surface area contributed by atoms with Crippen LogP contribution in [0, 0.1) is 0 Å². The van der Waals surface area contributed by atoms with Crippen molar-refractivity contribution in [1.82, 2.24) is 10.2 Å². The Labute approximate surface area is 86.2 Å². The fourth-order valence-electron chi connectivity index (χ4n) is 1.61. The number of carbonyl (C=O) groups excluding carboxylic acids is 2. The number of amides is 3. The Morgan fingerprint density at radius 1 is 1.47 bits per heavy atom. The van der Waals surface area contributed by atoms with Gasteiger partial charge in [0.15, 0.2) is 0 Å². The molecule has 0 aromatic carbocycles. The van der Waals surface area contributed by atoms with E-state index >= 15 is 0 Å². The van der Waals surface area contributed by atoms with Crippen molar-refractivity contribution < 1.29 is 19.5 Å². The highest BCUT2D eigenvalue weighted by Crippen LogP contribution is 2.16. The minimum atomic E-state index is -1.27. The van der Waals surface area contributed by atoms with E-state index in [0.29, 0.717) is 19.4 Å². The summed E-state index contributed by atoms with van der Waals surface area (Å²) in [7, 11) is 0. The third-order valence-corrected chi connectivity index (χ3v) is 2.29. The van der Waals surface area contributed by atoms with Gasteiger partial charge in [-0.1, -0.05) is 0 Å². The summed E-state index contributed by atoms with van der Waals surface area (Å²) in [5.41, 5.74) is 5.11. The zero-order valence-corrected chi connectivity index (χ0v) is 8.10. The Kier molecular flexibility index (Phi) is 3.48. The molecule has 15 heavy (non-hydrogen) atoms. The molecule has 7 nitrogen and oxygen atoms in total. The number of carbonyl (C=O) groups is 3. The van der Waals surface area contributed by atoms with Gasteiger partial charge in [0.1, 0.15) is 12.6 Å². The number of hydrogen-bond acceptors (Lipinski definition) is 3. The van der Waals surface area contributed by atoms with Gasteiger partial charge < -0.3 is 21.1 Å². The Hall–Kier alpha value is -1.79. The first-order chi connectivity index (χ1) is 7.02. The van der Waals surface area contributed by atoms with Crippen LogP contribution < -0.4 is 11.1 Å². The van der Waals surface area contributed by atoms with Crippen molar-refractivity contribution in [3.63, 3.8) is 0 Å². The molecular formula is C8H13N3O4. The molecule has 1 rings (SSSR count). The summed E-state index contributed by atoms with van der Waals surface area (Å²) < 4.78 is 0. The highest BCUT2D eigenvalue weighted by Gasteiger charge is 2.32. The number of primary amides is 1. The third kappa shape index (κ3) is 2.83. The molecule has 7 heteroatoms. The van der Waals surface area contributed by atoms with Crippen molar-refractivity contribution in [3.05, 3.63) is 0 Å². The molecule has 1 atom stereocenters. The Bertz CT molecular complexity index is 292. The van der Waals surface area contributed by atoms with Gasteiger partial charge in [-0.3, -0.25) is 9.59 Å². The quantitative estimate of drug-likeness (QED) is 0.544. The van der Waals surface area contributed by atoms with E-state index in [-0.39, 0.29) is 6.54 Å². The Morgan fingerprint density at radius 2 is 2.13 bits per heavy atom. The number of carboxylic acid groups (broad SMARTS) is 1. The lowest BCUT2D eigenvalue weighted by atomic mass is 10.2. The van der Waals surface area contributed by atoms with Crippen LogP contribution in [0.5, 0.6) is 0 Å². The summed E-state index contributed by atoms with van der Waals surface area (Å²) in [6.45, 7) is 0.132. The van der Waals surface area contributed by atoms with Crippen LogP contribution in [0.4, 0.5) is 4.79 Å². The van der Waals surface area contributed by atoms with Crippen LogP contribution in [0.1, 0.15) is 12.8 Å². The normalized spacial score (nSPS) is 20.0. The zero-order valence-electron chi connectivity index (χ0n) is 8.10. The van der Waals surface area contributed by atoms with Gasteiger partial charge in [-0.05, 0) is 12.8 Å². The molecule has 1 saturated heterocycles. The molecule has 0 spiro atoms. The second kappa shape index (κ2) is 4.63. The summed E-state index contributed by atoms with van der Waals surface area (Å²) in [6.07, 6.45) is -0.00113. The molecule has 0 saturated carbocycles. The number of rotatable bonds is 3. The van der Waals surface area contributed by atoms with Gasteiger partial charge >= 0.3 is 6.09 Å². The lowest BCUT2D eigenvalue weighted by Crippen LogP contribution is -2.47. The SMILES string of the molecule is NC(=O)C1CCCN1C(=O)CNC(=O)O. The molecule has 0 aromatic rings. The van der Waals surface area contributed by atoms with Gasteiger partial charge in [-0.25, -0.2) is 4.79 Å². The maximum atomic E-state index is 11.5. The number of nitrogens with one attached hydrogen (secondary N) is 1. The van der Waals surface area contributed by atoms with Crippen LogP contribution in [0.3, 0.4) is 0 Å². The van der Waals surface area contributed by atoms with Crippen molar-refractivity contribution >= 4 is 17.9 Å². The van der Waals surface area contributed by atoms with Crippen molar-refractivity contribution in [2.75, 3.05) is 13.1 Å². The molecule has 0 aromatic heterocycles. The molecular weight excluding hydrogens is 202 g/mol. The van der Waals surface area contributed by atoms with Crippen molar-refractivity contribution in [3.8, 4) is 0 Å². The summed E-state index contributed by atoms with van der Waals surface area (Å²) in [5.74, 6) is -0.963. The molecule has 84 valence electrons. The largest absolute Gasteiger partial charge is 0.465 e. The lowest BCUT2D eigenvalue weighted by molar-refractivity contribution is -0.136. The average Bonchev–Trinajstić information content (AvgIpc) is 2.62. The summed E-state index contributed by atoms with van der Waals surface area (Å²) >= 11 is 0. The average molecular weight is 215 g/mol. The maximum Gasteiger partial charge on any atom is 0.405 e. The molecule has 1 heterocycles. The first-order valence-electron chi connectivity index (χ1n) is 4.58. The Balaban J connectivity index is 2.51. The highest BCUT2D eigenvalue weighted by atomic mass is 16.4. The summed E-state index contributed by atoms with van der Waals surface area (Å²) in [6, 6.07) is -0.590. The second-order valence-electron chi connectivity index (χ2n) is 3.31. The number of likely N-dealkylation sites (tertiary alicyclic amines) is 1. The number of nitrogens with zero attached hydrogens (tertiary/aromatic N) is 1. The molecule has 1 aliphatic heterocycles. The number of hydrogen-bond donors (Lipinski definition) is 3. The maximum absolute atomic E-state index is 11.5. The summed E-state index contributed by atoms with van der Waals surface area (Å²) in [5, 5.41) is 10.3. The molecule has 0 aliphatic carbocycles. The fourth-order valence-corrected chi connectivity index (χ4v) is 1.61. The van der Waals surface area contributed by atoms with Gasteiger partial charge in [0.2, 0.25) is 11.8 Å². The first kappa shape index (κ1) is 11.3. The number of nitrogens with two attached hydrogens (primary N) is 1. The van der Waals surface area contributed by atoms with Crippen LogP contribution >= 0.6 is 0 Å². The molecule has 3 amide bonds. The van der Waals surface area contributed by atoms with E-state index in [1.165, 1.54) is 4.90 Å². The highest BCUT2D eigenvalue weighted by molar-refractivity contribution is 5.89. The van der Waals surface area contributed by atoms with Crippen LogP contribution in [0.15, 0.2) is 0 Å². The van der Waals surface area contributed by atoms with Crippen molar-refractivity contribution in [2.24, 2.45) is 5.73 Å². The van der Waals surface area contributed by atoms with Gasteiger partial charge in [-0.15, -0.1) is 0 Å². The van der Waals surface area contributed by atoms with Crippen LogP contribution in [0.25, 0.3) is 0 Å².